The number of aromatic nitrogens is 1. The van der Waals surface area contributed by atoms with Crippen molar-refractivity contribution in [2.75, 3.05) is 0 Å². The number of carbonyl (C=O) groups is 1. The molecule has 5 rings (SSSR count). The van der Waals surface area contributed by atoms with Crippen LogP contribution in [-0.4, -0.2) is 10.8 Å². The monoisotopic (exact) mass is 363 g/mol. The van der Waals surface area contributed by atoms with Crippen molar-refractivity contribution in [3.63, 3.8) is 0 Å². The zero-order valence-electron chi connectivity index (χ0n) is 15.3. The summed E-state index contributed by atoms with van der Waals surface area (Å²) in [7, 11) is 0. The number of rotatable bonds is 3. The summed E-state index contributed by atoms with van der Waals surface area (Å²) in [6.07, 6.45) is 0. The number of pyridine rings is 1. The van der Waals surface area contributed by atoms with Crippen LogP contribution in [0, 0.1) is 6.92 Å². The first-order valence-electron chi connectivity index (χ1n) is 9.21. The van der Waals surface area contributed by atoms with Gasteiger partial charge in [0.25, 0.3) is 0 Å². The van der Waals surface area contributed by atoms with Gasteiger partial charge in [-0.3, -0.25) is 9.78 Å². The van der Waals surface area contributed by atoms with E-state index in [0.717, 1.165) is 33.1 Å². The summed E-state index contributed by atoms with van der Waals surface area (Å²) < 4.78 is 6.27. The fraction of sp³-hybridized carbons (Fsp3) is 0.0400. The highest BCUT2D eigenvalue weighted by Crippen LogP contribution is 2.40. The SMILES string of the molecule is Cc1nc2ccccc2c2oc(C(=O)c3ccccc3)c(-c3ccccc3)c12. The lowest BCUT2D eigenvalue weighted by molar-refractivity contribution is 0.101. The van der Waals surface area contributed by atoms with Crippen LogP contribution in [0.5, 0.6) is 0 Å². The molecule has 2 aromatic heterocycles. The number of furan rings is 1. The minimum absolute atomic E-state index is 0.126. The zero-order valence-corrected chi connectivity index (χ0v) is 15.3. The number of benzene rings is 3. The van der Waals surface area contributed by atoms with E-state index in [1.165, 1.54) is 0 Å². The van der Waals surface area contributed by atoms with E-state index >= 15 is 0 Å². The maximum Gasteiger partial charge on any atom is 0.228 e. The van der Waals surface area contributed by atoms with Gasteiger partial charge >= 0.3 is 0 Å². The van der Waals surface area contributed by atoms with E-state index in [1.54, 1.807) is 0 Å². The molecule has 0 amide bonds. The molecule has 134 valence electrons. The van der Waals surface area contributed by atoms with E-state index in [4.69, 9.17) is 9.40 Å². The smallest absolute Gasteiger partial charge is 0.228 e. The van der Waals surface area contributed by atoms with Gasteiger partial charge in [0.15, 0.2) is 5.76 Å². The summed E-state index contributed by atoms with van der Waals surface area (Å²) in [5, 5.41) is 1.80. The number of aryl methyl sites for hydroxylation is 1. The molecule has 0 radical (unpaired) electrons. The van der Waals surface area contributed by atoms with E-state index in [-0.39, 0.29) is 5.78 Å². The van der Waals surface area contributed by atoms with Gasteiger partial charge in [0.05, 0.1) is 10.9 Å². The summed E-state index contributed by atoms with van der Waals surface area (Å²) in [4.78, 5) is 18.1. The Morgan fingerprint density at radius 1 is 0.821 bits per heavy atom. The maximum atomic E-state index is 13.3. The van der Waals surface area contributed by atoms with E-state index in [9.17, 15) is 4.79 Å². The second-order valence-corrected chi connectivity index (χ2v) is 6.79. The molecular weight excluding hydrogens is 346 g/mol. The number of hydrogen-bond donors (Lipinski definition) is 0. The summed E-state index contributed by atoms with van der Waals surface area (Å²) in [5.41, 5.74) is 4.78. The predicted molar refractivity (Wildman–Crippen MR) is 112 cm³/mol. The molecule has 0 unspecified atom stereocenters. The van der Waals surface area contributed by atoms with Crippen molar-refractivity contribution in [2.24, 2.45) is 0 Å². The molecule has 0 fully saturated rings. The minimum Gasteiger partial charge on any atom is -0.451 e. The van der Waals surface area contributed by atoms with Gasteiger partial charge in [0, 0.05) is 22.2 Å². The van der Waals surface area contributed by atoms with Gasteiger partial charge in [-0.15, -0.1) is 0 Å². The number of nitrogens with zero attached hydrogens (tertiary/aromatic N) is 1. The average molecular weight is 363 g/mol. The lowest BCUT2D eigenvalue weighted by Crippen LogP contribution is -2.01. The molecule has 0 saturated carbocycles. The fourth-order valence-electron chi connectivity index (χ4n) is 3.73. The van der Waals surface area contributed by atoms with Gasteiger partial charge in [0.1, 0.15) is 5.58 Å². The number of para-hydroxylation sites is 1. The van der Waals surface area contributed by atoms with E-state index < -0.39 is 0 Å². The first-order valence-corrected chi connectivity index (χ1v) is 9.21. The molecule has 0 atom stereocenters. The molecule has 5 aromatic rings. The third-order valence-electron chi connectivity index (χ3n) is 5.01. The Bertz CT molecular complexity index is 1320. The van der Waals surface area contributed by atoms with Crippen LogP contribution >= 0.6 is 0 Å². The predicted octanol–water partition coefficient (Wildman–Crippen LogP) is 6.19. The summed E-state index contributed by atoms with van der Waals surface area (Å²) >= 11 is 0. The van der Waals surface area contributed by atoms with Crippen LogP contribution in [0.25, 0.3) is 33.0 Å². The summed E-state index contributed by atoms with van der Waals surface area (Å²) in [6.45, 7) is 1.97. The molecule has 0 spiro atoms. The second-order valence-electron chi connectivity index (χ2n) is 6.79. The highest BCUT2D eigenvalue weighted by molar-refractivity contribution is 6.19. The van der Waals surface area contributed by atoms with Crippen molar-refractivity contribution in [3.8, 4) is 11.1 Å². The van der Waals surface area contributed by atoms with E-state index in [1.807, 2.05) is 91.9 Å². The van der Waals surface area contributed by atoms with Crippen LogP contribution in [0.1, 0.15) is 21.8 Å². The van der Waals surface area contributed by atoms with Crippen LogP contribution in [0.15, 0.2) is 89.3 Å². The van der Waals surface area contributed by atoms with Crippen molar-refractivity contribution >= 4 is 27.7 Å². The van der Waals surface area contributed by atoms with Crippen molar-refractivity contribution in [3.05, 3.63) is 102 Å². The highest BCUT2D eigenvalue weighted by atomic mass is 16.3. The zero-order chi connectivity index (χ0) is 19.1. The quantitative estimate of drug-likeness (QED) is 0.359. The van der Waals surface area contributed by atoms with Crippen LogP contribution in [0.4, 0.5) is 0 Å². The molecule has 3 heteroatoms. The van der Waals surface area contributed by atoms with Crippen molar-refractivity contribution < 1.29 is 9.21 Å². The third kappa shape index (κ3) is 2.52. The Hall–Kier alpha value is -3.72. The minimum atomic E-state index is -0.126. The van der Waals surface area contributed by atoms with Crippen molar-refractivity contribution in [2.45, 2.75) is 6.92 Å². The Labute approximate surface area is 162 Å². The lowest BCUT2D eigenvalue weighted by atomic mass is 9.97. The molecule has 0 aliphatic rings. The van der Waals surface area contributed by atoms with Gasteiger partial charge in [-0.2, -0.15) is 0 Å². The van der Waals surface area contributed by atoms with Crippen molar-refractivity contribution in [1.29, 1.82) is 0 Å². The van der Waals surface area contributed by atoms with Gasteiger partial charge < -0.3 is 4.42 Å². The molecule has 0 N–H and O–H groups in total. The Morgan fingerprint density at radius 2 is 1.46 bits per heavy atom. The highest BCUT2D eigenvalue weighted by Gasteiger charge is 2.25. The molecule has 0 saturated heterocycles. The maximum absolute atomic E-state index is 13.3. The van der Waals surface area contributed by atoms with Crippen LogP contribution in [-0.2, 0) is 0 Å². The first-order chi connectivity index (χ1) is 13.7. The fourth-order valence-corrected chi connectivity index (χ4v) is 3.73. The Balaban J connectivity index is 1.90. The van der Waals surface area contributed by atoms with E-state index in [0.29, 0.717) is 16.9 Å². The standard InChI is InChI=1S/C25H17NO2/c1-16-21-22(17-10-4-2-5-11-17)25(23(27)18-12-6-3-7-13-18)28-24(21)19-14-8-9-15-20(19)26-16/h2-15H,1H3. The van der Waals surface area contributed by atoms with Crippen LogP contribution < -0.4 is 0 Å². The van der Waals surface area contributed by atoms with Gasteiger partial charge in [-0.1, -0.05) is 72.8 Å². The molecule has 3 aromatic carbocycles. The molecule has 0 aliphatic carbocycles. The van der Waals surface area contributed by atoms with Gasteiger partial charge in [-0.25, -0.2) is 0 Å². The largest absolute Gasteiger partial charge is 0.451 e. The van der Waals surface area contributed by atoms with Crippen LogP contribution in [0.3, 0.4) is 0 Å². The summed E-state index contributed by atoms with van der Waals surface area (Å²) in [6, 6.07) is 27.0. The first kappa shape index (κ1) is 16.5. The molecule has 0 bridgehead atoms. The third-order valence-corrected chi connectivity index (χ3v) is 5.01. The molecule has 2 heterocycles. The summed E-state index contributed by atoms with van der Waals surface area (Å²) in [5.74, 6) is 0.229. The van der Waals surface area contributed by atoms with E-state index in [2.05, 4.69) is 0 Å². The molecule has 3 nitrogen and oxygen atoms in total. The molecule has 0 aliphatic heterocycles. The van der Waals surface area contributed by atoms with Crippen LogP contribution in [0.2, 0.25) is 0 Å². The van der Waals surface area contributed by atoms with Gasteiger partial charge in [-0.05, 0) is 24.6 Å². The molecule has 28 heavy (non-hydrogen) atoms. The Morgan fingerprint density at radius 3 is 2.21 bits per heavy atom. The molecular formula is C25H17NO2. The Kier molecular flexibility index (Phi) is 3.80. The average Bonchev–Trinajstić information content (AvgIpc) is 3.16. The second kappa shape index (κ2) is 6.46. The van der Waals surface area contributed by atoms with Gasteiger partial charge in [0.2, 0.25) is 5.78 Å². The number of hydrogen-bond acceptors (Lipinski definition) is 3. The number of ketones is 1. The lowest BCUT2D eigenvalue weighted by Gasteiger charge is -2.05. The van der Waals surface area contributed by atoms with Crippen molar-refractivity contribution in [1.82, 2.24) is 4.98 Å². The topological polar surface area (TPSA) is 43.1 Å². The number of carbonyl (C=O) groups excluding carboxylic acids is 1. The number of fused-ring (bicyclic) bond motifs is 3. The normalized spacial score (nSPS) is 11.2.